The summed E-state index contributed by atoms with van der Waals surface area (Å²) in [4.78, 5) is 34.6. The number of aromatic nitrogens is 3. The summed E-state index contributed by atoms with van der Waals surface area (Å²) in [5, 5.41) is 4.25. The molecule has 3 aromatic carbocycles. The van der Waals surface area contributed by atoms with Crippen molar-refractivity contribution in [2.75, 3.05) is 17.3 Å². The summed E-state index contributed by atoms with van der Waals surface area (Å²) < 4.78 is 112. The van der Waals surface area contributed by atoms with Crippen LogP contribution in [0.25, 0.3) is 17.1 Å². The minimum Gasteiger partial charge on any atom is -0.482 e. The molecule has 1 aliphatic heterocycles. The molecular weight excluding hydrogens is 718 g/mol. The Bertz CT molecular complexity index is 1920. The Kier molecular flexibility index (Phi) is 10.6. The molecule has 0 bridgehead atoms. The van der Waals surface area contributed by atoms with Gasteiger partial charge in [-0.25, -0.2) is 19.9 Å². The van der Waals surface area contributed by atoms with E-state index in [1.807, 2.05) is 0 Å². The Morgan fingerprint density at radius 3 is 2.33 bits per heavy atom. The number of rotatable bonds is 10. The molecule has 0 aliphatic carbocycles. The molecule has 1 aromatic heterocycles. The van der Waals surface area contributed by atoms with E-state index < -0.39 is 48.8 Å². The van der Waals surface area contributed by atoms with Crippen molar-refractivity contribution < 1.29 is 54.2 Å². The highest BCUT2D eigenvalue weighted by molar-refractivity contribution is 8.15. The first-order valence-corrected chi connectivity index (χ1v) is 15.5. The average molecular weight is 744 g/mol. The first kappa shape index (κ1) is 37.0. The topological polar surface area (TPSA) is 123 Å². The number of carbonyl (C=O) groups is 2. The number of benzene rings is 3. The van der Waals surface area contributed by atoms with Crippen molar-refractivity contribution in [3.05, 3.63) is 84.2 Å². The molecule has 1 saturated heterocycles. The van der Waals surface area contributed by atoms with Crippen LogP contribution in [0.5, 0.6) is 11.5 Å². The van der Waals surface area contributed by atoms with E-state index in [-0.39, 0.29) is 28.2 Å². The van der Waals surface area contributed by atoms with Crippen molar-refractivity contribution in [2.24, 2.45) is 4.99 Å². The molecule has 1 aliphatic rings. The summed E-state index contributed by atoms with van der Waals surface area (Å²) in [6, 6.07) is 14.1. The van der Waals surface area contributed by atoms with E-state index in [0.29, 0.717) is 22.4 Å². The summed E-state index contributed by atoms with van der Waals surface area (Å²) >= 11 is 0.930. The van der Waals surface area contributed by atoms with Crippen LogP contribution in [0.15, 0.2) is 78.0 Å². The highest BCUT2D eigenvalue weighted by Crippen LogP contribution is 2.38. The monoisotopic (exact) mass is 743 g/mol. The molecule has 4 aromatic rings. The minimum atomic E-state index is -5.88. The lowest BCUT2D eigenvalue weighted by Crippen LogP contribution is -2.41. The van der Waals surface area contributed by atoms with Gasteiger partial charge in [0.15, 0.2) is 17.6 Å². The number of hydrazine groups is 1. The van der Waals surface area contributed by atoms with Crippen molar-refractivity contribution in [3.8, 4) is 28.6 Å². The number of urea groups is 1. The van der Waals surface area contributed by atoms with Crippen LogP contribution in [0, 0.1) is 6.92 Å². The van der Waals surface area contributed by atoms with Gasteiger partial charge in [0, 0.05) is 11.6 Å². The number of halogens is 8. The van der Waals surface area contributed by atoms with E-state index in [0.717, 1.165) is 28.8 Å². The van der Waals surface area contributed by atoms with E-state index in [4.69, 9.17) is 4.74 Å². The number of anilines is 1. The quantitative estimate of drug-likeness (QED) is 0.130. The van der Waals surface area contributed by atoms with Crippen LogP contribution in [0.3, 0.4) is 0 Å². The Labute approximate surface area is 287 Å². The minimum absolute atomic E-state index is 0.0150. The summed E-state index contributed by atoms with van der Waals surface area (Å²) in [6.45, 7) is 1.83. The third-order valence-corrected chi connectivity index (χ3v) is 7.87. The molecule has 1 fully saturated rings. The van der Waals surface area contributed by atoms with Crippen LogP contribution in [0.1, 0.15) is 24.1 Å². The maximum Gasteiger partial charge on any atom is 0.499 e. The lowest BCUT2D eigenvalue weighted by Gasteiger charge is -2.21. The maximum absolute atomic E-state index is 13.2. The van der Waals surface area contributed by atoms with Crippen molar-refractivity contribution in [1.82, 2.24) is 25.6 Å². The number of nitrogens with zero attached hydrogens (tertiary/aromatic N) is 5. The fourth-order valence-corrected chi connectivity index (χ4v) is 5.31. The second kappa shape index (κ2) is 14.5. The number of amides is 3. The molecule has 0 saturated carbocycles. The molecule has 0 spiro atoms. The van der Waals surface area contributed by atoms with Gasteiger partial charge in [-0.3, -0.25) is 15.1 Å². The van der Waals surface area contributed by atoms with Gasteiger partial charge in [0.25, 0.3) is 0 Å². The second-order valence-corrected chi connectivity index (χ2v) is 11.8. The van der Waals surface area contributed by atoms with Gasteiger partial charge in [0.05, 0.1) is 17.1 Å². The average Bonchev–Trinajstić information content (AvgIpc) is 3.69. The number of thioether (sulfide) groups is 1. The molecule has 3 amide bonds. The number of hydrogen-bond acceptors (Lipinski definition) is 8. The predicted octanol–water partition coefficient (Wildman–Crippen LogP) is 7.13. The molecule has 1 unspecified atom stereocenters. The Morgan fingerprint density at radius 1 is 1.00 bits per heavy atom. The lowest BCUT2D eigenvalue weighted by atomic mass is 10.1. The van der Waals surface area contributed by atoms with Crippen LogP contribution in [0.2, 0.25) is 0 Å². The van der Waals surface area contributed by atoms with Gasteiger partial charge in [-0.05, 0) is 61.4 Å². The third-order valence-electron chi connectivity index (χ3n) is 6.94. The predicted molar refractivity (Wildman–Crippen MR) is 169 cm³/mol. The Balaban J connectivity index is 1.20. The third kappa shape index (κ3) is 9.11. The van der Waals surface area contributed by atoms with Crippen molar-refractivity contribution >= 4 is 34.6 Å². The number of amidine groups is 1. The van der Waals surface area contributed by atoms with Crippen molar-refractivity contribution in [1.29, 1.82) is 0 Å². The molecule has 51 heavy (non-hydrogen) atoms. The molecule has 270 valence electrons. The SMILES string of the molecule is Cc1ccc(OCC(F)(F)F)c(N2C(=O)CS/C2=N\C(=O)NNC(C)c2ccc(-c3ncn(-c4ccc(OC(F)(F)C(F)(F)F)cc4)n3)cc2)c1. The van der Waals surface area contributed by atoms with Gasteiger partial charge < -0.3 is 9.47 Å². The van der Waals surface area contributed by atoms with Crippen molar-refractivity contribution in [2.45, 2.75) is 38.4 Å². The van der Waals surface area contributed by atoms with Gasteiger partial charge in [0.2, 0.25) is 5.91 Å². The Hall–Kier alpha value is -5.24. The van der Waals surface area contributed by atoms with E-state index in [1.54, 1.807) is 38.1 Å². The molecule has 2 N–H and O–H groups in total. The maximum atomic E-state index is 13.2. The summed E-state index contributed by atoms with van der Waals surface area (Å²) in [5.41, 5.74) is 7.43. The largest absolute Gasteiger partial charge is 0.499 e. The van der Waals surface area contributed by atoms with Crippen LogP contribution in [-0.4, -0.2) is 62.7 Å². The molecule has 11 nitrogen and oxygen atoms in total. The molecule has 0 radical (unpaired) electrons. The summed E-state index contributed by atoms with van der Waals surface area (Å²) in [7, 11) is 0. The van der Waals surface area contributed by atoms with Crippen molar-refractivity contribution in [3.63, 3.8) is 0 Å². The number of ether oxygens (including phenoxy) is 2. The zero-order valence-corrected chi connectivity index (χ0v) is 27.0. The standard InChI is InChI=1S/C31H25F8N7O4S/c1-17-3-12-24(49-15-29(32,33)34)23(13-17)46-25(47)14-51-28(46)41-27(48)43-42-18(2)19-4-6-20(7-5-19)26-40-16-45(44-26)21-8-10-22(11-9-21)50-31(38,39)30(35,36)37/h3-13,16,18,42H,14-15H2,1-2H3,(H,43,48)/b41-28-. The first-order chi connectivity index (χ1) is 23.9. The van der Waals surface area contributed by atoms with Gasteiger partial charge in [-0.2, -0.15) is 40.1 Å². The fraction of sp³-hybridized carbons (Fsp3) is 0.258. The highest BCUT2D eigenvalue weighted by Gasteiger charge is 2.61. The number of aryl methyl sites for hydroxylation is 1. The van der Waals surface area contributed by atoms with E-state index >= 15 is 0 Å². The van der Waals surface area contributed by atoms with Crippen LogP contribution >= 0.6 is 11.8 Å². The zero-order valence-electron chi connectivity index (χ0n) is 26.2. The van der Waals surface area contributed by atoms with Gasteiger partial charge in [-0.1, -0.05) is 42.1 Å². The van der Waals surface area contributed by atoms with E-state index in [1.165, 1.54) is 41.3 Å². The zero-order chi connectivity index (χ0) is 37.1. The van der Waals surface area contributed by atoms with E-state index in [2.05, 4.69) is 30.7 Å². The molecular formula is C31H25F8N7O4S. The number of aliphatic imine (C=N–C) groups is 1. The number of hydrogen-bond donors (Lipinski definition) is 2. The van der Waals surface area contributed by atoms with E-state index in [9.17, 15) is 44.7 Å². The first-order valence-electron chi connectivity index (χ1n) is 14.6. The Morgan fingerprint density at radius 2 is 1.69 bits per heavy atom. The molecule has 2 heterocycles. The molecule has 1 atom stereocenters. The number of carbonyl (C=O) groups excluding carboxylic acids is 2. The van der Waals surface area contributed by atoms with Crippen LogP contribution in [-0.2, 0) is 4.79 Å². The van der Waals surface area contributed by atoms with Crippen LogP contribution < -0.4 is 25.2 Å². The molecule has 5 rings (SSSR count). The van der Waals surface area contributed by atoms with Gasteiger partial charge in [0.1, 0.15) is 17.8 Å². The normalized spacial score (nSPS) is 15.3. The van der Waals surface area contributed by atoms with Gasteiger partial charge >= 0.3 is 24.5 Å². The number of nitrogens with one attached hydrogen (secondary N) is 2. The van der Waals surface area contributed by atoms with Crippen LogP contribution in [0.4, 0.5) is 45.6 Å². The number of alkyl halides is 8. The molecule has 20 heteroatoms. The fourth-order valence-electron chi connectivity index (χ4n) is 4.45. The summed E-state index contributed by atoms with van der Waals surface area (Å²) in [5.74, 6) is -1.25. The van der Waals surface area contributed by atoms with Gasteiger partial charge in [-0.15, -0.1) is 5.10 Å². The lowest BCUT2D eigenvalue weighted by molar-refractivity contribution is -0.360. The summed E-state index contributed by atoms with van der Waals surface area (Å²) in [6.07, 6.45) is -14.5. The second-order valence-electron chi connectivity index (χ2n) is 10.8. The highest BCUT2D eigenvalue weighted by atomic mass is 32.2. The smallest absolute Gasteiger partial charge is 0.482 e.